The summed E-state index contributed by atoms with van der Waals surface area (Å²) >= 11 is 0. The molecule has 0 aromatic heterocycles. The summed E-state index contributed by atoms with van der Waals surface area (Å²) in [5.41, 5.74) is 5.01. The van der Waals surface area contributed by atoms with Gasteiger partial charge in [0.05, 0.1) is 5.56 Å². The standard InChI is InChI=1S/C12H15F3N2.CH4/c1-8-4-5-17(7-8)9-2-3-11(16)10(6-9)12(13,14)15;/h2-3,6,8H,4-5,7,16H2,1H3;1H4/t8-;/m1./s1. The third kappa shape index (κ3) is 2.89. The molecule has 2 rings (SSSR count). The Balaban J connectivity index is 0.00000162. The molecular formula is C13H19F3N2. The maximum absolute atomic E-state index is 12.7. The molecule has 2 nitrogen and oxygen atoms in total. The van der Waals surface area contributed by atoms with Crippen LogP contribution in [-0.2, 0) is 6.18 Å². The Kier molecular flexibility index (Phi) is 4.14. The van der Waals surface area contributed by atoms with Gasteiger partial charge in [-0.05, 0) is 30.5 Å². The normalized spacial score (nSPS) is 19.8. The van der Waals surface area contributed by atoms with Gasteiger partial charge in [0.1, 0.15) is 0 Å². The van der Waals surface area contributed by atoms with Crippen molar-refractivity contribution in [3.8, 4) is 0 Å². The molecule has 2 N–H and O–H groups in total. The quantitative estimate of drug-likeness (QED) is 0.779. The van der Waals surface area contributed by atoms with Gasteiger partial charge in [0, 0.05) is 24.5 Å². The molecular weight excluding hydrogens is 241 g/mol. The molecule has 1 fully saturated rings. The van der Waals surface area contributed by atoms with Crippen LogP contribution in [0, 0.1) is 5.92 Å². The Labute approximate surface area is 106 Å². The minimum Gasteiger partial charge on any atom is -0.398 e. The third-order valence-electron chi connectivity index (χ3n) is 3.13. The summed E-state index contributed by atoms with van der Waals surface area (Å²) < 4.78 is 38.1. The van der Waals surface area contributed by atoms with Crippen molar-refractivity contribution in [3.63, 3.8) is 0 Å². The zero-order chi connectivity index (χ0) is 12.6. The van der Waals surface area contributed by atoms with Crippen LogP contribution in [0.1, 0.15) is 26.3 Å². The molecule has 5 heteroatoms. The van der Waals surface area contributed by atoms with E-state index < -0.39 is 11.7 Å². The molecule has 1 heterocycles. The van der Waals surface area contributed by atoms with Crippen LogP contribution in [0.15, 0.2) is 18.2 Å². The molecule has 18 heavy (non-hydrogen) atoms. The van der Waals surface area contributed by atoms with Crippen LogP contribution in [-0.4, -0.2) is 13.1 Å². The summed E-state index contributed by atoms with van der Waals surface area (Å²) in [5.74, 6) is 0.530. The SMILES string of the molecule is C.C[C@@H]1CCN(c2ccc(N)c(C(F)(F)F)c2)C1. The Bertz CT molecular complexity index is 415. The molecule has 1 aliphatic heterocycles. The van der Waals surface area contributed by atoms with E-state index in [0.29, 0.717) is 11.6 Å². The lowest BCUT2D eigenvalue weighted by Crippen LogP contribution is -2.20. The van der Waals surface area contributed by atoms with Gasteiger partial charge in [-0.2, -0.15) is 13.2 Å². The molecule has 0 bridgehead atoms. The second kappa shape index (κ2) is 5.08. The van der Waals surface area contributed by atoms with Gasteiger partial charge in [-0.3, -0.25) is 0 Å². The summed E-state index contributed by atoms with van der Waals surface area (Å²) in [5, 5.41) is 0. The van der Waals surface area contributed by atoms with Gasteiger partial charge in [0.2, 0.25) is 0 Å². The molecule has 102 valence electrons. The average molecular weight is 260 g/mol. The average Bonchev–Trinajstić information content (AvgIpc) is 2.64. The molecule has 1 atom stereocenters. The number of rotatable bonds is 1. The third-order valence-corrected chi connectivity index (χ3v) is 3.13. The maximum Gasteiger partial charge on any atom is 0.418 e. The first-order chi connectivity index (χ1) is 7.88. The van der Waals surface area contributed by atoms with E-state index in [1.165, 1.54) is 6.07 Å². The Morgan fingerprint density at radius 3 is 2.50 bits per heavy atom. The lowest BCUT2D eigenvalue weighted by molar-refractivity contribution is -0.136. The fourth-order valence-electron chi connectivity index (χ4n) is 2.16. The zero-order valence-electron chi connectivity index (χ0n) is 9.59. The van der Waals surface area contributed by atoms with Gasteiger partial charge in [0.15, 0.2) is 0 Å². The van der Waals surface area contributed by atoms with Crippen molar-refractivity contribution < 1.29 is 13.2 Å². The minimum atomic E-state index is -4.38. The van der Waals surface area contributed by atoms with E-state index in [0.717, 1.165) is 25.6 Å². The van der Waals surface area contributed by atoms with Crippen molar-refractivity contribution >= 4 is 11.4 Å². The molecule has 1 aromatic carbocycles. The molecule has 0 radical (unpaired) electrons. The number of nitrogen functional groups attached to an aromatic ring is 1. The Hall–Kier alpha value is -1.39. The first-order valence-corrected chi connectivity index (χ1v) is 5.59. The smallest absolute Gasteiger partial charge is 0.398 e. The molecule has 1 saturated heterocycles. The second-order valence-electron chi connectivity index (χ2n) is 4.61. The Morgan fingerprint density at radius 1 is 1.33 bits per heavy atom. The van der Waals surface area contributed by atoms with Gasteiger partial charge in [-0.1, -0.05) is 14.4 Å². The fourth-order valence-corrected chi connectivity index (χ4v) is 2.16. The highest BCUT2D eigenvalue weighted by Gasteiger charge is 2.33. The molecule has 1 aliphatic rings. The van der Waals surface area contributed by atoms with Crippen molar-refractivity contribution in [2.75, 3.05) is 23.7 Å². The van der Waals surface area contributed by atoms with Crippen molar-refractivity contribution in [3.05, 3.63) is 23.8 Å². The summed E-state index contributed by atoms with van der Waals surface area (Å²) in [7, 11) is 0. The maximum atomic E-state index is 12.7. The molecule has 0 spiro atoms. The van der Waals surface area contributed by atoms with Crippen LogP contribution < -0.4 is 10.6 Å². The minimum absolute atomic E-state index is 0. The van der Waals surface area contributed by atoms with Crippen LogP contribution in [0.5, 0.6) is 0 Å². The number of nitrogens with zero attached hydrogens (tertiary/aromatic N) is 1. The monoisotopic (exact) mass is 260 g/mol. The lowest BCUT2D eigenvalue weighted by atomic mass is 10.1. The van der Waals surface area contributed by atoms with E-state index in [2.05, 4.69) is 6.92 Å². The second-order valence-corrected chi connectivity index (χ2v) is 4.61. The number of halogens is 3. The van der Waals surface area contributed by atoms with Gasteiger partial charge in [0.25, 0.3) is 0 Å². The van der Waals surface area contributed by atoms with Crippen LogP contribution in [0.4, 0.5) is 24.5 Å². The van der Waals surface area contributed by atoms with Crippen LogP contribution in [0.2, 0.25) is 0 Å². The number of hydrogen-bond donors (Lipinski definition) is 1. The molecule has 1 aromatic rings. The predicted octanol–water partition coefficient (Wildman–Crippen LogP) is 3.77. The van der Waals surface area contributed by atoms with Crippen molar-refractivity contribution in [2.24, 2.45) is 5.92 Å². The highest BCUT2D eigenvalue weighted by atomic mass is 19.4. The molecule has 0 unspecified atom stereocenters. The van der Waals surface area contributed by atoms with E-state index in [1.54, 1.807) is 6.07 Å². The Morgan fingerprint density at radius 2 is 2.00 bits per heavy atom. The van der Waals surface area contributed by atoms with Crippen molar-refractivity contribution in [2.45, 2.75) is 26.9 Å². The fraction of sp³-hybridized carbons (Fsp3) is 0.538. The van der Waals surface area contributed by atoms with Gasteiger partial charge < -0.3 is 10.6 Å². The summed E-state index contributed by atoms with van der Waals surface area (Å²) in [6.45, 7) is 3.71. The summed E-state index contributed by atoms with van der Waals surface area (Å²) in [4.78, 5) is 1.97. The molecule has 0 amide bonds. The first kappa shape index (κ1) is 14.7. The van der Waals surface area contributed by atoms with Gasteiger partial charge in [-0.25, -0.2) is 0 Å². The predicted molar refractivity (Wildman–Crippen MR) is 68.6 cm³/mol. The zero-order valence-corrected chi connectivity index (χ0v) is 9.59. The lowest BCUT2D eigenvalue weighted by Gasteiger charge is -2.20. The van der Waals surface area contributed by atoms with E-state index in [-0.39, 0.29) is 13.1 Å². The highest BCUT2D eigenvalue weighted by molar-refractivity contribution is 5.59. The number of anilines is 2. The van der Waals surface area contributed by atoms with Crippen LogP contribution in [0.3, 0.4) is 0 Å². The van der Waals surface area contributed by atoms with Crippen molar-refractivity contribution in [1.82, 2.24) is 0 Å². The number of benzene rings is 1. The van der Waals surface area contributed by atoms with Gasteiger partial charge >= 0.3 is 6.18 Å². The summed E-state index contributed by atoms with van der Waals surface area (Å²) in [6, 6.07) is 4.14. The number of nitrogens with two attached hydrogens (primary N) is 1. The number of alkyl halides is 3. The van der Waals surface area contributed by atoms with E-state index in [4.69, 9.17) is 5.73 Å². The largest absolute Gasteiger partial charge is 0.418 e. The van der Waals surface area contributed by atoms with E-state index >= 15 is 0 Å². The molecule has 0 aliphatic carbocycles. The van der Waals surface area contributed by atoms with E-state index in [9.17, 15) is 13.2 Å². The number of hydrogen-bond acceptors (Lipinski definition) is 2. The van der Waals surface area contributed by atoms with Crippen molar-refractivity contribution in [1.29, 1.82) is 0 Å². The highest BCUT2D eigenvalue weighted by Crippen LogP contribution is 2.36. The van der Waals surface area contributed by atoms with Crippen LogP contribution >= 0.6 is 0 Å². The van der Waals surface area contributed by atoms with Gasteiger partial charge in [-0.15, -0.1) is 0 Å². The first-order valence-electron chi connectivity index (χ1n) is 5.59. The van der Waals surface area contributed by atoms with E-state index in [1.807, 2.05) is 4.90 Å². The molecule has 0 saturated carbocycles. The summed E-state index contributed by atoms with van der Waals surface area (Å²) in [6.07, 6.45) is -3.36. The van der Waals surface area contributed by atoms with Crippen LogP contribution in [0.25, 0.3) is 0 Å². The topological polar surface area (TPSA) is 29.3 Å².